The van der Waals surface area contributed by atoms with Crippen LogP contribution in [0.2, 0.25) is 0 Å². The zero-order valence-corrected chi connectivity index (χ0v) is 54.7. The fourth-order valence-corrected chi connectivity index (χ4v) is 9.99. The summed E-state index contributed by atoms with van der Waals surface area (Å²) in [5, 5.41) is 0. The van der Waals surface area contributed by atoms with Crippen molar-refractivity contribution in [2.75, 3.05) is 13.2 Å². The summed E-state index contributed by atoms with van der Waals surface area (Å²) in [6.45, 7) is 6.52. The molecule has 0 saturated heterocycles. The molecule has 83 heavy (non-hydrogen) atoms. The fraction of sp³-hybridized carbons (Fsp3) is 0.727. The van der Waals surface area contributed by atoms with Crippen molar-refractivity contribution in [1.82, 2.24) is 0 Å². The minimum atomic E-state index is -0.779. The Morgan fingerprint density at radius 2 is 0.470 bits per heavy atom. The van der Waals surface area contributed by atoms with Crippen molar-refractivity contribution in [3.05, 3.63) is 109 Å². The summed E-state index contributed by atoms with van der Waals surface area (Å²) in [4.78, 5) is 38.3. The van der Waals surface area contributed by atoms with Gasteiger partial charge in [0.1, 0.15) is 13.2 Å². The lowest BCUT2D eigenvalue weighted by molar-refractivity contribution is -0.167. The first-order valence-electron chi connectivity index (χ1n) is 35.4. The molecule has 476 valence electrons. The third-order valence-electron chi connectivity index (χ3n) is 15.3. The van der Waals surface area contributed by atoms with E-state index in [0.29, 0.717) is 19.3 Å². The first-order chi connectivity index (χ1) is 41.0. The topological polar surface area (TPSA) is 78.9 Å². The summed E-state index contributed by atoms with van der Waals surface area (Å²) in [5.74, 6) is -0.871. The number of carbonyl (C=O) groups is 3. The van der Waals surface area contributed by atoms with Crippen LogP contribution >= 0.6 is 0 Å². The van der Waals surface area contributed by atoms with Gasteiger partial charge in [0.15, 0.2) is 6.10 Å². The van der Waals surface area contributed by atoms with Crippen molar-refractivity contribution in [2.24, 2.45) is 0 Å². The Morgan fingerprint density at radius 1 is 0.253 bits per heavy atom. The van der Waals surface area contributed by atoms with Gasteiger partial charge in [0.2, 0.25) is 0 Å². The molecule has 0 N–H and O–H groups in total. The van der Waals surface area contributed by atoms with Gasteiger partial charge >= 0.3 is 17.9 Å². The molecule has 6 nitrogen and oxygen atoms in total. The van der Waals surface area contributed by atoms with E-state index in [9.17, 15) is 14.4 Å². The highest BCUT2D eigenvalue weighted by molar-refractivity contribution is 5.71. The Bertz CT molecular complexity index is 1660. The molecule has 6 heteroatoms. The molecular formula is C77H132O6. The SMILES string of the molecule is CC/C=C\C/C=C\C/C=C\C/C=C\C/C=C\C/C=C\C/C=C\CCCCCCCCCCCCCC(=O)OCC(COC(=O)CCCCCCCCCCC)OC(=O)CCCCCCCCCCCCC/C=C\C/C=C\CCCCCCC. The Labute approximate surface area is 514 Å². The maximum absolute atomic E-state index is 12.9. The van der Waals surface area contributed by atoms with Gasteiger partial charge in [0, 0.05) is 19.3 Å². The summed E-state index contributed by atoms with van der Waals surface area (Å²) in [5.41, 5.74) is 0. The Morgan fingerprint density at radius 3 is 0.735 bits per heavy atom. The largest absolute Gasteiger partial charge is 0.462 e. The van der Waals surface area contributed by atoms with E-state index < -0.39 is 6.10 Å². The predicted molar refractivity (Wildman–Crippen MR) is 362 cm³/mol. The molecule has 0 radical (unpaired) electrons. The van der Waals surface area contributed by atoms with Crippen LogP contribution < -0.4 is 0 Å². The quantitative estimate of drug-likeness (QED) is 0.0261. The third-order valence-corrected chi connectivity index (χ3v) is 15.3. The Kier molecular flexibility index (Phi) is 67.2. The molecule has 0 aromatic carbocycles. The van der Waals surface area contributed by atoms with E-state index >= 15 is 0 Å². The van der Waals surface area contributed by atoms with E-state index in [1.165, 1.54) is 193 Å². The van der Waals surface area contributed by atoms with Crippen LogP contribution in [0.3, 0.4) is 0 Å². The van der Waals surface area contributed by atoms with E-state index in [0.717, 1.165) is 109 Å². The van der Waals surface area contributed by atoms with Gasteiger partial charge in [-0.05, 0) is 109 Å². The van der Waals surface area contributed by atoms with Crippen molar-refractivity contribution < 1.29 is 28.6 Å². The number of carbonyl (C=O) groups excluding carboxylic acids is 3. The zero-order valence-electron chi connectivity index (χ0n) is 54.7. The van der Waals surface area contributed by atoms with Gasteiger partial charge < -0.3 is 14.2 Å². The predicted octanol–water partition coefficient (Wildman–Crippen LogP) is 24.6. The van der Waals surface area contributed by atoms with Gasteiger partial charge in [-0.2, -0.15) is 0 Å². The second-order valence-electron chi connectivity index (χ2n) is 23.4. The highest BCUT2D eigenvalue weighted by atomic mass is 16.6. The molecule has 0 amide bonds. The minimum Gasteiger partial charge on any atom is -0.462 e. The van der Waals surface area contributed by atoms with E-state index in [-0.39, 0.29) is 31.1 Å². The highest BCUT2D eigenvalue weighted by Crippen LogP contribution is 2.17. The average Bonchev–Trinajstić information content (AvgIpc) is 3.49. The van der Waals surface area contributed by atoms with Crippen LogP contribution in [0.4, 0.5) is 0 Å². The van der Waals surface area contributed by atoms with Crippen molar-refractivity contribution in [3.8, 4) is 0 Å². The molecule has 0 heterocycles. The van der Waals surface area contributed by atoms with Crippen molar-refractivity contribution in [1.29, 1.82) is 0 Å². The second-order valence-corrected chi connectivity index (χ2v) is 23.4. The number of allylic oxidation sites excluding steroid dienone is 18. The maximum Gasteiger partial charge on any atom is 0.306 e. The smallest absolute Gasteiger partial charge is 0.306 e. The first kappa shape index (κ1) is 79.1. The third kappa shape index (κ3) is 68.7. The molecule has 0 saturated carbocycles. The molecule has 0 aliphatic heterocycles. The number of ether oxygens (including phenoxy) is 3. The van der Waals surface area contributed by atoms with Crippen LogP contribution in [0, 0.1) is 0 Å². The second kappa shape index (κ2) is 70.6. The number of unbranched alkanes of at least 4 members (excludes halogenated alkanes) is 35. The lowest BCUT2D eigenvalue weighted by Gasteiger charge is -2.18. The molecule has 0 aliphatic carbocycles. The van der Waals surface area contributed by atoms with Crippen molar-refractivity contribution >= 4 is 17.9 Å². The molecule has 0 aromatic heterocycles. The van der Waals surface area contributed by atoms with Crippen LogP contribution in [0.1, 0.15) is 342 Å². The van der Waals surface area contributed by atoms with Crippen LogP contribution in [0.25, 0.3) is 0 Å². The van der Waals surface area contributed by atoms with Gasteiger partial charge in [-0.1, -0.05) is 323 Å². The molecular weight excluding hydrogens is 1020 g/mol. The summed E-state index contributed by atoms with van der Waals surface area (Å²) in [6, 6.07) is 0. The normalized spacial score (nSPS) is 12.8. The highest BCUT2D eigenvalue weighted by Gasteiger charge is 2.19. The van der Waals surface area contributed by atoms with E-state index in [4.69, 9.17) is 14.2 Å². The molecule has 0 spiro atoms. The lowest BCUT2D eigenvalue weighted by atomic mass is 10.0. The van der Waals surface area contributed by atoms with Crippen molar-refractivity contribution in [3.63, 3.8) is 0 Å². The molecule has 0 fully saturated rings. The minimum absolute atomic E-state index is 0.0762. The molecule has 0 rings (SSSR count). The maximum atomic E-state index is 12.9. The molecule has 0 bridgehead atoms. The number of hydrogen-bond acceptors (Lipinski definition) is 6. The average molecular weight is 1150 g/mol. The van der Waals surface area contributed by atoms with Gasteiger partial charge in [0.05, 0.1) is 0 Å². The van der Waals surface area contributed by atoms with Crippen LogP contribution in [0.5, 0.6) is 0 Å². The summed E-state index contributed by atoms with van der Waals surface area (Å²) < 4.78 is 16.9. The van der Waals surface area contributed by atoms with E-state index in [2.05, 4.69) is 130 Å². The number of esters is 3. The summed E-state index contributed by atoms with van der Waals surface area (Å²) in [6.07, 6.45) is 97.0. The van der Waals surface area contributed by atoms with Gasteiger partial charge in [-0.15, -0.1) is 0 Å². The Balaban J connectivity index is 4.16. The van der Waals surface area contributed by atoms with Crippen LogP contribution in [-0.4, -0.2) is 37.2 Å². The fourth-order valence-electron chi connectivity index (χ4n) is 9.99. The Hall–Kier alpha value is -3.93. The first-order valence-corrected chi connectivity index (χ1v) is 35.4. The lowest BCUT2D eigenvalue weighted by Crippen LogP contribution is -2.30. The molecule has 0 aromatic rings. The van der Waals surface area contributed by atoms with Crippen LogP contribution in [0.15, 0.2) is 109 Å². The molecule has 1 unspecified atom stereocenters. The zero-order chi connectivity index (χ0) is 59.9. The molecule has 0 aliphatic rings. The van der Waals surface area contributed by atoms with E-state index in [1.54, 1.807) is 0 Å². The number of rotatable bonds is 64. The summed E-state index contributed by atoms with van der Waals surface area (Å²) in [7, 11) is 0. The van der Waals surface area contributed by atoms with E-state index in [1.807, 2.05) is 0 Å². The monoisotopic (exact) mass is 1150 g/mol. The standard InChI is InChI=1S/C77H132O6/c1-4-7-10-13-16-19-21-23-25-27-29-31-33-34-35-36-37-38-39-40-41-42-44-45-47-49-51-53-55-58-61-64-67-70-76(79)82-73-74(72-81-75(78)69-66-63-60-57-18-15-12-9-6-3)83-77(80)71-68-65-62-59-56-54-52-50-48-46-43-32-30-28-26-24-22-20-17-14-11-8-5-2/h7,10,16,19,22-25,28-31,34-35,37-38,40-41,74H,4-6,8-9,11-15,17-18,20-21,26-27,32-33,36,39,42-73H2,1-3H3/b10-7-,19-16-,24-22-,25-23-,30-28-,31-29-,35-34-,38-37-,41-40-. The van der Waals surface area contributed by atoms with Crippen LogP contribution in [-0.2, 0) is 28.6 Å². The summed E-state index contributed by atoms with van der Waals surface area (Å²) >= 11 is 0. The van der Waals surface area contributed by atoms with Gasteiger partial charge in [-0.3, -0.25) is 14.4 Å². The molecule has 1 atom stereocenters. The van der Waals surface area contributed by atoms with Gasteiger partial charge in [-0.25, -0.2) is 0 Å². The number of hydrogen-bond donors (Lipinski definition) is 0. The van der Waals surface area contributed by atoms with Gasteiger partial charge in [0.25, 0.3) is 0 Å². The van der Waals surface area contributed by atoms with Crippen molar-refractivity contribution in [2.45, 2.75) is 348 Å².